The molecule has 0 bridgehead atoms. The monoisotopic (exact) mass is 393 g/mol. The van der Waals surface area contributed by atoms with E-state index in [0.717, 1.165) is 18.5 Å². The van der Waals surface area contributed by atoms with Gasteiger partial charge in [0.2, 0.25) is 5.91 Å². The van der Waals surface area contributed by atoms with Gasteiger partial charge in [0.15, 0.2) is 5.16 Å². The summed E-state index contributed by atoms with van der Waals surface area (Å²) in [6.45, 7) is 4.01. The minimum atomic E-state index is -0.00757. The second kappa shape index (κ2) is 7.80. The zero-order chi connectivity index (χ0) is 19.7. The number of para-hydroxylation sites is 2. The highest BCUT2D eigenvalue weighted by atomic mass is 32.2. The fourth-order valence-electron chi connectivity index (χ4n) is 3.40. The molecule has 6 heteroatoms. The summed E-state index contributed by atoms with van der Waals surface area (Å²) in [5.74, 6) is 0.251. The van der Waals surface area contributed by atoms with Crippen molar-refractivity contribution < 1.29 is 4.79 Å². The molecule has 0 spiro atoms. The number of carbonyl (C=O) groups excluding carboxylic acids is 1. The number of anilines is 1. The second-order valence-corrected chi connectivity index (χ2v) is 8.24. The number of aromatic nitrogens is 2. The number of hydrogen-bond donors (Lipinski definition) is 0. The molecule has 0 aliphatic heterocycles. The van der Waals surface area contributed by atoms with Gasteiger partial charge in [0.25, 0.3) is 5.56 Å². The summed E-state index contributed by atoms with van der Waals surface area (Å²) in [7, 11) is 0. The maximum absolute atomic E-state index is 13.0. The number of nitrogens with zero attached hydrogens (tertiary/aromatic N) is 3. The minimum absolute atomic E-state index is 0.00757. The summed E-state index contributed by atoms with van der Waals surface area (Å²) >= 11 is 1.35. The molecular weight excluding hydrogens is 370 g/mol. The van der Waals surface area contributed by atoms with Crippen LogP contribution in [0.4, 0.5) is 5.69 Å². The zero-order valence-corrected chi connectivity index (χ0v) is 16.9. The minimum Gasteiger partial charge on any atom is -0.309 e. The fourth-order valence-corrected chi connectivity index (χ4v) is 4.32. The van der Waals surface area contributed by atoms with Gasteiger partial charge in [-0.3, -0.25) is 14.2 Å². The Morgan fingerprint density at radius 3 is 2.50 bits per heavy atom. The Labute approximate surface area is 168 Å². The van der Waals surface area contributed by atoms with Crippen molar-refractivity contribution in [2.45, 2.75) is 43.9 Å². The van der Waals surface area contributed by atoms with Crippen LogP contribution in [-0.2, 0) is 4.79 Å². The lowest BCUT2D eigenvalue weighted by atomic mass is 10.2. The molecule has 5 nitrogen and oxygen atoms in total. The van der Waals surface area contributed by atoms with Crippen LogP contribution in [0.5, 0.6) is 0 Å². The Balaban J connectivity index is 1.62. The summed E-state index contributed by atoms with van der Waals surface area (Å²) in [5.41, 5.74) is 1.56. The summed E-state index contributed by atoms with van der Waals surface area (Å²) < 4.78 is 1.78. The SMILES string of the molecule is CC(C)N(C(=O)CSc1nc2ccccc2c(=O)n1C1CC1)c1ccccc1. The fraction of sp³-hybridized carbons (Fsp3) is 0.318. The molecule has 144 valence electrons. The molecule has 0 unspecified atom stereocenters. The van der Waals surface area contributed by atoms with Crippen molar-refractivity contribution in [3.05, 3.63) is 65.0 Å². The maximum atomic E-state index is 13.0. The predicted molar refractivity (Wildman–Crippen MR) is 114 cm³/mol. The predicted octanol–water partition coefficient (Wildman–Crippen LogP) is 4.27. The number of hydrogen-bond acceptors (Lipinski definition) is 4. The highest BCUT2D eigenvalue weighted by molar-refractivity contribution is 7.99. The van der Waals surface area contributed by atoms with E-state index in [0.29, 0.717) is 16.1 Å². The summed E-state index contributed by atoms with van der Waals surface area (Å²) in [4.78, 5) is 32.4. The van der Waals surface area contributed by atoms with Crippen LogP contribution in [0, 0.1) is 0 Å². The molecule has 1 fully saturated rings. The molecule has 0 saturated heterocycles. The Kier molecular flexibility index (Phi) is 5.22. The van der Waals surface area contributed by atoms with Crippen molar-refractivity contribution in [1.29, 1.82) is 0 Å². The van der Waals surface area contributed by atoms with Crippen LogP contribution in [0.25, 0.3) is 10.9 Å². The molecule has 1 saturated carbocycles. The quantitative estimate of drug-likeness (QED) is 0.464. The third kappa shape index (κ3) is 3.69. The molecule has 28 heavy (non-hydrogen) atoms. The van der Waals surface area contributed by atoms with Crippen LogP contribution >= 0.6 is 11.8 Å². The van der Waals surface area contributed by atoms with Crippen LogP contribution in [0.1, 0.15) is 32.7 Å². The molecule has 0 atom stereocenters. The van der Waals surface area contributed by atoms with Gasteiger partial charge in [0, 0.05) is 17.8 Å². The van der Waals surface area contributed by atoms with Gasteiger partial charge >= 0.3 is 0 Å². The third-order valence-electron chi connectivity index (χ3n) is 4.83. The molecule has 1 aliphatic carbocycles. The number of fused-ring (bicyclic) bond motifs is 1. The molecule has 1 aromatic heterocycles. The number of thioether (sulfide) groups is 1. The van der Waals surface area contributed by atoms with Gasteiger partial charge in [0.1, 0.15) is 0 Å². The molecule has 1 aliphatic rings. The smallest absolute Gasteiger partial charge is 0.262 e. The lowest BCUT2D eigenvalue weighted by molar-refractivity contribution is -0.116. The molecule has 1 heterocycles. The first-order valence-corrected chi connectivity index (χ1v) is 10.6. The lowest BCUT2D eigenvalue weighted by Gasteiger charge is -2.27. The average molecular weight is 394 g/mol. The van der Waals surface area contributed by atoms with Crippen LogP contribution < -0.4 is 10.5 Å². The lowest BCUT2D eigenvalue weighted by Crippen LogP contribution is -2.38. The highest BCUT2D eigenvalue weighted by Gasteiger charge is 2.29. The van der Waals surface area contributed by atoms with Crippen molar-refractivity contribution in [3.8, 4) is 0 Å². The topological polar surface area (TPSA) is 55.2 Å². The van der Waals surface area contributed by atoms with E-state index in [1.807, 2.05) is 68.4 Å². The number of amides is 1. The standard InChI is InChI=1S/C22H23N3O2S/c1-15(2)24(16-8-4-3-5-9-16)20(26)14-28-22-23-19-11-7-6-10-18(19)21(27)25(22)17-12-13-17/h3-11,15,17H,12-14H2,1-2H3. The number of rotatable bonds is 6. The van der Waals surface area contributed by atoms with Gasteiger partial charge in [-0.2, -0.15) is 0 Å². The van der Waals surface area contributed by atoms with Gasteiger partial charge < -0.3 is 4.90 Å². The van der Waals surface area contributed by atoms with Crippen molar-refractivity contribution in [2.75, 3.05) is 10.7 Å². The Bertz CT molecular complexity index is 1060. The first-order chi connectivity index (χ1) is 13.6. The van der Waals surface area contributed by atoms with E-state index in [2.05, 4.69) is 0 Å². The van der Waals surface area contributed by atoms with Crippen molar-refractivity contribution in [2.24, 2.45) is 0 Å². The molecular formula is C22H23N3O2S. The van der Waals surface area contributed by atoms with Crippen LogP contribution in [0.2, 0.25) is 0 Å². The first-order valence-electron chi connectivity index (χ1n) is 9.57. The van der Waals surface area contributed by atoms with Crippen LogP contribution in [-0.4, -0.2) is 27.3 Å². The Morgan fingerprint density at radius 1 is 1.14 bits per heavy atom. The highest BCUT2D eigenvalue weighted by Crippen LogP contribution is 2.37. The number of benzene rings is 2. The average Bonchev–Trinajstić information content (AvgIpc) is 3.52. The normalized spacial score (nSPS) is 13.8. The number of carbonyl (C=O) groups is 1. The van der Waals surface area contributed by atoms with Crippen molar-refractivity contribution >= 4 is 34.3 Å². The van der Waals surface area contributed by atoms with Crippen molar-refractivity contribution in [1.82, 2.24) is 9.55 Å². The van der Waals surface area contributed by atoms with Crippen LogP contribution in [0.15, 0.2) is 64.5 Å². The molecule has 0 N–H and O–H groups in total. The largest absolute Gasteiger partial charge is 0.309 e. The second-order valence-electron chi connectivity index (χ2n) is 7.30. The van der Waals surface area contributed by atoms with Crippen LogP contribution in [0.3, 0.4) is 0 Å². The van der Waals surface area contributed by atoms with E-state index < -0.39 is 0 Å². The molecule has 2 aromatic carbocycles. The van der Waals surface area contributed by atoms with E-state index in [1.54, 1.807) is 9.47 Å². The van der Waals surface area contributed by atoms with E-state index in [9.17, 15) is 9.59 Å². The molecule has 1 amide bonds. The third-order valence-corrected chi connectivity index (χ3v) is 5.77. The van der Waals surface area contributed by atoms with E-state index >= 15 is 0 Å². The maximum Gasteiger partial charge on any atom is 0.262 e. The summed E-state index contributed by atoms with van der Waals surface area (Å²) in [6, 6.07) is 17.3. The van der Waals surface area contributed by atoms with E-state index in [1.165, 1.54) is 11.8 Å². The van der Waals surface area contributed by atoms with Gasteiger partial charge in [0.05, 0.1) is 16.7 Å². The van der Waals surface area contributed by atoms with Crippen molar-refractivity contribution in [3.63, 3.8) is 0 Å². The van der Waals surface area contributed by atoms with E-state index in [4.69, 9.17) is 4.98 Å². The van der Waals surface area contributed by atoms with E-state index in [-0.39, 0.29) is 29.3 Å². The summed E-state index contributed by atoms with van der Waals surface area (Å²) in [6.07, 6.45) is 1.98. The van der Waals surface area contributed by atoms with Gasteiger partial charge in [-0.25, -0.2) is 4.98 Å². The molecule has 0 radical (unpaired) electrons. The molecule has 4 rings (SSSR count). The first kappa shape index (κ1) is 18.7. The molecule has 3 aromatic rings. The van der Waals surface area contributed by atoms with Gasteiger partial charge in [-0.15, -0.1) is 0 Å². The zero-order valence-electron chi connectivity index (χ0n) is 16.0. The van der Waals surface area contributed by atoms with Gasteiger partial charge in [-0.1, -0.05) is 42.1 Å². The van der Waals surface area contributed by atoms with Gasteiger partial charge in [-0.05, 0) is 51.0 Å². The Hall–Kier alpha value is -2.60. The summed E-state index contributed by atoms with van der Waals surface area (Å²) in [5, 5.41) is 1.27. The Morgan fingerprint density at radius 2 is 1.82 bits per heavy atom.